The molecule has 0 saturated heterocycles. The van der Waals surface area contributed by atoms with E-state index in [1.807, 2.05) is 38.1 Å². The number of nitrogens with zero attached hydrogens (tertiary/aromatic N) is 3. The van der Waals surface area contributed by atoms with Crippen LogP contribution in [0.5, 0.6) is 0 Å². The number of aromatic amines is 1. The molecule has 19 heavy (non-hydrogen) atoms. The first-order valence-electron chi connectivity index (χ1n) is 5.87. The van der Waals surface area contributed by atoms with Crippen LogP contribution in [0.1, 0.15) is 11.4 Å². The van der Waals surface area contributed by atoms with Crippen LogP contribution in [-0.2, 0) is 0 Å². The van der Waals surface area contributed by atoms with E-state index >= 15 is 0 Å². The lowest BCUT2D eigenvalue weighted by atomic mass is 10.3. The monoisotopic (exact) mass is 271 g/mol. The summed E-state index contributed by atoms with van der Waals surface area (Å²) in [7, 11) is 0. The van der Waals surface area contributed by atoms with Crippen LogP contribution in [0.4, 0.5) is 5.82 Å². The summed E-state index contributed by atoms with van der Waals surface area (Å²) < 4.78 is 0. The van der Waals surface area contributed by atoms with Gasteiger partial charge in [0.1, 0.15) is 16.7 Å². The van der Waals surface area contributed by atoms with Gasteiger partial charge < -0.3 is 10.7 Å². The smallest absolute Gasteiger partial charge is 0.172 e. The third-order valence-corrected chi connectivity index (χ3v) is 3.79. The number of nitrogens with two attached hydrogens (primary N) is 1. The molecule has 3 N–H and O–H groups in total. The number of benzene rings is 1. The highest BCUT2D eigenvalue weighted by Crippen LogP contribution is 2.29. The molecule has 1 aromatic carbocycles. The molecule has 3 rings (SSSR count). The number of hydrogen-bond donors (Lipinski definition) is 2. The Kier molecular flexibility index (Phi) is 2.87. The maximum absolute atomic E-state index is 5.86. The number of aromatic nitrogens is 4. The minimum atomic E-state index is 0.520. The quantitative estimate of drug-likeness (QED) is 0.700. The van der Waals surface area contributed by atoms with Gasteiger partial charge in [-0.1, -0.05) is 12.1 Å². The van der Waals surface area contributed by atoms with E-state index < -0.39 is 0 Å². The lowest BCUT2D eigenvalue weighted by Gasteiger charge is -2.05. The zero-order valence-corrected chi connectivity index (χ0v) is 11.5. The molecule has 5 nitrogen and oxygen atoms in total. The first kappa shape index (κ1) is 12.0. The van der Waals surface area contributed by atoms with Crippen molar-refractivity contribution in [3.05, 3.63) is 35.7 Å². The Labute approximate surface area is 114 Å². The van der Waals surface area contributed by atoms with Gasteiger partial charge >= 0.3 is 0 Å². The number of hydrogen-bond acceptors (Lipinski definition) is 5. The number of nitrogens with one attached hydrogen (secondary N) is 1. The molecular formula is C13H13N5S. The molecule has 2 heterocycles. The summed E-state index contributed by atoms with van der Waals surface area (Å²) in [6.45, 7) is 3.75. The van der Waals surface area contributed by atoms with Crippen LogP contribution in [0.2, 0.25) is 0 Å². The molecule has 3 aromatic rings. The van der Waals surface area contributed by atoms with Gasteiger partial charge in [-0.2, -0.15) is 0 Å². The zero-order chi connectivity index (χ0) is 13.4. The molecule has 6 heteroatoms. The summed E-state index contributed by atoms with van der Waals surface area (Å²) in [6, 6.07) is 7.92. The van der Waals surface area contributed by atoms with Crippen LogP contribution in [-0.4, -0.2) is 19.9 Å². The van der Waals surface area contributed by atoms with E-state index in [1.165, 1.54) is 11.8 Å². The summed E-state index contributed by atoms with van der Waals surface area (Å²) >= 11 is 1.47. The van der Waals surface area contributed by atoms with Crippen molar-refractivity contribution in [2.45, 2.75) is 24.0 Å². The molecule has 0 bridgehead atoms. The van der Waals surface area contributed by atoms with E-state index in [9.17, 15) is 0 Å². The second-order valence-corrected chi connectivity index (χ2v) is 5.22. The Morgan fingerprint density at radius 1 is 1.11 bits per heavy atom. The second kappa shape index (κ2) is 4.55. The molecule has 0 atom stereocenters. The normalized spacial score (nSPS) is 11.1. The number of para-hydroxylation sites is 2. The predicted molar refractivity (Wildman–Crippen MR) is 76.1 cm³/mol. The van der Waals surface area contributed by atoms with E-state index in [-0.39, 0.29) is 0 Å². The Balaban J connectivity index is 2.01. The summed E-state index contributed by atoms with van der Waals surface area (Å²) in [5, 5.41) is 1.64. The third kappa shape index (κ3) is 2.26. The predicted octanol–water partition coefficient (Wildman–Crippen LogP) is 2.70. The minimum Gasteiger partial charge on any atom is -0.383 e. The molecule has 0 aliphatic heterocycles. The number of imidazole rings is 1. The van der Waals surface area contributed by atoms with Gasteiger partial charge in [0, 0.05) is 5.56 Å². The molecule has 0 aliphatic rings. The van der Waals surface area contributed by atoms with Gasteiger partial charge in [-0.15, -0.1) is 0 Å². The SMILES string of the molecule is Cc1nc(N)c(C)c(Sc2nc3ccccc3[nH]2)n1. The van der Waals surface area contributed by atoms with Crippen molar-refractivity contribution in [1.82, 2.24) is 19.9 Å². The molecule has 0 spiro atoms. The number of rotatable bonds is 2. The molecular weight excluding hydrogens is 258 g/mol. The summed E-state index contributed by atoms with van der Waals surface area (Å²) in [6.07, 6.45) is 0. The van der Waals surface area contributed by atoms with E-state index in [2.05, 4.69) is 19.9 Å². The molecule has 0 amide bonds. The van der Waals surface area contributed by atoms with Crippen molar-refractivity contribution in [3.8, 4) is 0 Å². The van der Waals surface area contributed by atoms with E-state index in [4.69, 9.17) is 5.73 Å². The van der Waals surface area contributed by atoms with Crippen molar-refractivity contribution in [2.75, 3.05) is 5.73 Å². The maximum Gasteiger partial charge on any atom is 0.172 e. The number of H-pyrrole nitrogens is 1. The molecule has 0 saturated carbocycles. The first-order chi connectivity index (χ1) is 9.13. The molecule has 0 fully saturated rings. The summed E-state index contributed by atoms with van der Waals surface area (Å²) in [5.41, 5.74) is 8.70. The first-order valence-corrected chi connectivity index (χ1v) is 6.68. The fourth-order valence-corrected chi connectivity index (χ4v) is 2.72. The van der Waals surface area contributed by atoms with Crippen molar-refractivity contribution in [3.63, 3.8) is 0 Å². The lowest BCUT2D eigenvalue weighted by molar-refractivity contribution is 0.940. The molecule has 0 radical (unpaired) electrons. The van der Waals surface area contributed by atoms with E-state index in [1.54, 1.807) is 0 Å². The van der Waals surface area contributed by atoms with Gasteiger partial charge in [0.15, 0.2) is 5.16 Å². The second-order valence-electron chi connectivity index (χ2n) is 4.25. The van der Waals surface area contributed by atoms with E-state index in [0.717, 1.165) is 26.8 Å². The lowest BCUT2D eigenvalue weighted by Crippen LogP contribution is -2.01. The highest BCUT2D eigenvalue weighted by atomic mass is 32.2. The fraction of sp³-hybridized carbons (Fsp3) is 0.154. The maximum atomic E-state index is 5.86. The van der Waals surface area contributed by atoms with Gasteiger partial charge in [-0.25, -0.2) is 15.0 Å². The van der Waals surface area contributed by atoms with Gasteiger partial charge in [-0.05, 0) is 37.7 Å². The van der Waals surface area contributed by atoms with Crippen molar-refractivity contribution < 1.29 is 0 Å². The van der Waals surface area contributed by atoms with Crippen LogP contribution in [0, 0.1) is 13.8 Å². The summed E-state index contributed by atoms with van der Waals surface area (Å²) in [4.78, 5) is 16.3. The van der Waals surface area contributed by atoms with Gasteiger partial charge in [-0.3, -0.25) is 0 Å². The Morgan fingerprint density at radius 2 is 1.89 bits per heavy atom. The molecule has 96 valence electrons. The molecule has 0 aliphatic carbocycles. The van der Waals surface area contributed by atoms with Crippen molar-refractivity contribution in [2.24, 2.45) is 0 Å². The number of fused-ring (bicyclic) bond motifs is 1. The van der Waals surface area contributed by atoms with Gasteiger partial charge in [0.2, 0.25) is 0 Å². The largest absolute Gasteiger partial charge is 0.383 e. The summed E-state index contributed by atoms with van der Waals surface area (Å²) in [5.74, 6) is 1.19. The van der Waals surface area contributed by atoms with Gasteiger partial charge in [0.05, 0.1) is 11.0 Å². The minimum absolute atomic E-state index is 0.520. The molecule has 0 unspecified atom stereocenters. The van der Waals surface area contributed by atoms with Crippen molar-refractivity contribution >= 4 is 28.6 Å². The van der Waals surface area contributed by atoms with Crippen LogP contribution in [0.15, 0.2) is 34.4 Å². The van der Waals surface area contributed by atoms with Crippen LogP contribution in [0.3, 0.4) is 0 Å². The topological polar surface area (TPSA) is 80.5 Å². The third-order valence-electron chi connectivity index (χ3n) is 2.81. The van der Waals surface area contributed by atoms with Crippen LogP contribution >= 0.6 is 11.8 Å². The number of anilines is 1. The average Bonchev–Trinajstić information content (AvgIpc) is 2.77. The van der Waals surface area contributed by atoms with Crippen molar-refractivity contribution in [1.29, 1.82) is 0 Å². The highest BCUT2D eigenvalue weighted by Gasteiger charge is 2.11. The Hall–Kier alpha value is -2.08. The number of aryl methyl sites for hydroxylation is 1. The van der Waals surface area contributed by atoms with Gasteiger partial charge in [0.25, 0.3) is 0 Å². The standard InChI is InChI=1S/C13H13N5S/c1-7-11(14)15-8(2)16-12(7)19-13-17-9-5-3-4-6-10(9)18-13/h3-6H,1-2H3,(H,17,18)(H2,14,15,16). The van der Waals surface area contributed by atoms with E-state index in [0.29, 0.717) is 11.6 Å². The fourth-order valence-electron chi connectivity index (χ4n) is 1.79. The Morgan fingerprint density at radius 3 is 2.68 bits per heavy atom. The Bertz CT molecular complexity index is 717. The average molecular weight is 271 g/mol. The number of nitrogen functional groups attached to an aromatic ring is 1. The molecule has 2 aromatic heterocycles. The van der Waals surface area contributed by atoms with Crippen LogP contribution < -0.4 is 5.73 Å². The zero-order valence-electron chi connectivity index (χ0n) is 10.6. The van der Waals surface area contributed by atoms with Crippen LogP contribution in [0.25, 0.3) is 11.0 Å². The highest BCUT2D eigenvalue weighted by molar-refractivity contribution is 7.99.